The third-order valence-electron chi connectivity index (χ3n) is 9.21. The number of likely N-dealkylation sites (N-methyl/N-ethyl adjacent to an activating group) is 1. The minimum Gasteiger partial charge on any atom is -0.467 e. The van der Waals surface area contributed by atoms with Crippen molar-refractivity contribution in [2.45, 2.75) is 43.9 Å². The number of amides is 1. The lowest BCUT2D eigenvalue weighted by molar-refractivity contribution is -0.125. The highest BCUT2D eigenvalue weighted by atomic mass is 19.1. The number of pyridine rings is 1. The van der Waals surface area contributed by atoms with E-state index in [9.17, 15) is 13.6 Å². The summed E-state index contributed by atoms with van der Waals surface area (Å²) in [5.41, 5.74) is 0.380. The molecule has 0 saturated carbocycles. The second kappa shape index (κ2) is 13.0. The van der Waals surface area contributed by atoms with Crippen molar-refractivity contribution in [3.8, 4) is 29.6 Å². The fourth-order valence-electron chi connectivity index (χ4n) is 6.85. The summed E-state index contributed by atoms with van der Waals surface area (Å²) in [6, 6.07) is 8.57. The maximum atomic E-state index is 16.1. The Labute approximate surface area is 265 Å². The number of nitrogens with zero attached hydrogens (tertiary/aromatic N) is 6. The Bertz CT molecular complexity index is 1850. The SMILES string of the molecule is C#Cc1c(F)ccc2cccc(-c3ncc4c(N(C)C5CCN(C(=O)C=C)C5)nc(OC)nc4c3F)c12.FC1CC2CCCN2C1. The number of likely N-dealkylation sites (tertiary alicyclic amines) is 1. The molecule has 0 N–H and O–H groups in total. The Morgan fingerprint density at radius 2 is 2.00 bits per heavy atom. The van der Waals surface area contributed by atoms with Gasteiger partial charge in [0.05, 0.1) is 18.1 Å². The molecule has 7 rings (SSSR count). The first-order valence-corrected chi connectivity index (χ1v) is 15.3. The molecule has 1 amide bonds. The second-order valence-electron chi connectivity index (χ2n) is 11.9. The highest BCUT2D eigenvalue weighted by Gasteiger charge is 2.35. The van der Waals surface area contributed by atoms with E-state index in [1.54, 1.807) is 29.2 Å². The number of benzene rings is 2. The zero-order chi connectivity index (χ0) is 32.5. The fourth-order valence-corrected chi connectivity index (χ4v) is 6.85. The molecule has 3 fully saturated rings. The number of halogens is 3. The van der Waals surface area contributed by atoms with Crippen LogP contribution in [0.5, 0.6) is 6.01 Å². The highest BCUT2D eigenvalue weighted by Crippen LogP contribution is 2.37. The van der Waals surface area contributed by atoms with Gasteiger partial charge in [-0.3, -0.25) is 14.7 Å². The zero-order valence-corrected chi connectivity index (χ0v) is 25.8. The zero-order valence-electron chi connectivity index (χ0n) is 25.8. The molecule has 0 aliphatic carbocycles. The molecule has 3 atom stereocenters. The Kier molecular flexibility index (Phi) is 8.82. The number of aromatic nitrogens is 3. The van der Waals surface area contributed by atoms with Crippen LogP contribution in [-0.2, 0) is 4.79 Å². The van der Waals surface area contributed by atoms with Gasteiger partial charge < -0.3 is 14.5 Å². The molecule has 238 valence electrons. The van der Waals surface area contributed by atoms with Crippen LogP contribution in [0.4, 0.5) is 19.0 Å². The summed E-state index contributed by atoms with van der Waals surface area (Å²) in [6.45, 7) is 6.45. The van der Waals surface area contributed by atoms with Crippen molar-refractivity contribution in [3.63, 3.8) is 0 Å². The van der Waals surface area contributed by atoms with Crippen LogP contribution in [0.2, 0.25) is 0 Å². The largest absolute Gasteiger partial charge is 0.467 e. The van der Waals surface area contributed by atoms with Gasteiger partial charge in [0.25, 0.3) is 0 Å². The summed E-state index contributed by atoms with van der Waals surface area (Å²) in [5, 5.41) is 1.43. The molecule has 3 aliphatic rings. The number of fused-ring (bicyclic) bond motifs is 3. The van der Waals surface area contributed by atoms with Gasteiger partial charge in [0, 0.05) is 55.9 Å². The number of carbonyl (C=O) groups is 1. The minimum atomic E-state index is -0.706. The normalized spacial score (nSPS) is 20.7. The molecule has 5 heterocycles. The van der Waals surface area contributed by atoms with Gasteiger partial charge in [0.2, 0.25) is 5.91 Å². The first-order chi connectivity index (χ1) is 22.2. The number of terminal acetylenes is 1. The van der Waals surface area contributed by atoms with Gasteiger partial charge in [-0.05, 0) is 49.8 Å². The average molecular weight is 629 g/mol. The van der Waals surface area contributed by atoms with E-state index in [0.29, 0.717) is 59.6 Å². The minimum absolute atomic E-state index is 0.00591. The number of carbonyl (C=O) groups excluding carboxylic acids is 1. The molecule has 0 spiro atoms. The summed E-state index contributed by atoms with van der Waals surface area (Å²) in [5.74, 6) is 1.38. The van der Waals surface area contributed by atoms with Crippen molar-refractivity contribution in [1.29, 1.82) is 0 Å². The van der Waals surface area contributed by atoms with Gasteiger partial charge in [0.15, 0.2) is 5.82 Å². The Morgan fingerprint density at radius 3 is 2.74 bits per heavy atom. The van der Waals surface area contributed by atoms with E-state index in [1.165, 1.54) is 38.3 Å². The van der Waals surface area contributed by atoms with Crippen LogP contribution in [-0.4, -0.2) is 89.3 Å². The summed E-state index contributed by atoms with van der Waals surface area (Å²) < 4.78 is 48.6. The summed E-state index contributed by atoms with van der Waals surface area (Å²) in [6.07, 6.45) is 11.9. The lowest BCUT2D eigenvalue weighted by Crippen LogP contribution is -2.36. The molecule has 3 unspecified atom stereocenters. The summed E-state index contributed by atoms with van der Waals surface area (Å²) in [4.78, 5) is 31.1. The summed E-state index contributed by atoms with van der Waals surface area (Å²) in [7, 11) is 3.23. The van der Waals surface area contributed by atoms with E-state index in [4.69, 9.17) is 11.2 Å². The van der Waals surface area contributed by atoms with Gasteiger partial charge >= 0.3 is 6.01 Å². The molecule has 46 heavy (non-hydrogen) atoms. The van der Waals surface area contributed by atoms with Crippen LogP contribution in [0.1, 0.15) is 31.2 Å². The molecule has 0 bridgehead atoms. The molecular formula is C35H35F3N6O2. The van der Waals surface area contributed by atoms with Crippen LogP contribution in [0, 0.1) is 24.0 Å². The molecule has 0 radical (unpaired) electrons. The molecule has 8 nitrogen and oxygen atoms in total. The maximum Gasteiger partial charge on any atom is 0.318 e. The van der Waals surface area contributed by atoms with Crippen LogP contribution < -0.4 is 9.64 Å². The molecule has 3 saturated heterocycles. The van der Waals surface area contributed by atoms with Gasteiger partial charge in [-0.25, -0.2) is 13.2 Å². The Hall–Kier alpha value is -4.69. The molecular weight excluding hydrogens is 593 g/mol. The molecule has 3 aliphatic heterocycles. The third-order valence-corrected chi connectivity index (χ3v) is 9.21. The van der Waals surface area contributed by atoms with Crippen molar-refractivity contribution in [2.75, 3.05) is 45.2 Å². The van der Waals surface area contributed by atoms with E-state index in [-0.39, 0.29) is 34.7 Å². The van der Waals surface area contributed by atoms with E-state index in [2.05, 4.69) is 32.4 Å². The van der Waals surface area contributed by atoms with Crippen LogP contribution in [0.15, 0.2) is 49.2 Å². The standard InChI is InChI=1S/C28H23F2N5O2.C7H12FN/c1-5-18-21(29)11-10-16-8-7-9-19(23(16)18)25-24(30)26-20(14-31-25)27(33-28(32-26)37-4)34(3)17-12-13-35(15-17)22(36)6-2;8-6-4-7-2-1-3-9(7)5-6/h1,6-11,14,17H,2,12-13,15H2,3-4H3;6-7H,1-5H2. The summed E-state index contributed by atoms with van der Waals surface area (Å²) >= 11 is 0. The predicted octanol–water partition coefficient (Wildman–Crippen LogP) is 5.53. The van der Waals surface area contributed by atoms with Gasteiger partial charge in [-0.1, -0.05) is 36.8 Å². The van der Waals surface area contributed by atoms with Crippen molar-refractivity contribution in [2.24, 2.45) is 0 Å². The van der Waals surface area contributed by atoms with E-state index in [0.717, 1.165) is 13.0 Å². The molecule has 4 aromatic rings. The number of hydrogen-bond donors (Lipinski definition) is 0. The van der Waals surface area contributed by atoms with Crippen LogP contribution in [0.25, 0.3) is 32.9 Å². The van der Waals surface area contributed by atoms with Crippen LogP contribution in [0.3, 0.4) is 0 Å². The number of methoxy groups -OCH3 is 1. The topological polar surface area (TPSA) is 74.7 Å². The van der Waals surface area contributed by atoms with Gasteiger partial charge in [-0.2, -0.15) is 9.97 Å². The average Bonchev–Trinajstić information content (AvgIpc) is 3.81. The number of alkyl halides is 1. The second-order valence-corrected chi connectivity index (χ2v) is 11.9. The maximum absolute atomic E-state index is 16.1. The smallest absolute Gasteiger partial charge is 0.318 e. The van der Waals surface area contributed by atoms with Crippen molar-refractivity contribution >= 4 is 33.4 Å². The Balaban J connectivity index is 0.000000352. The number of hydrogen-bond acceptors (Lipinski definition) is 7. The highest BCUT2D eigenvalue weighted by molar-refractivity contribution is 6.02. The first-order valence-electron chi connectivity index (χ1n) is 15.3. The van der Waals surface area contributed by atoms with Crippen molar-refractivity contribution < 1.29 is 22.7 Å². The van der Waals surface area contributed by atoms with Crippen molar-refractivity contribution in [3.05, 3.63) is 66.4 Å². The van der Waals surface area contributed by atoms with E-state index in [1.807, 2.05) is 11.9 Å². The number of anilines is 1. The Morgan fingerprint density at radius 1 is 1.17 bits per heavy atom. The predicted molar refractivity (Wildman–Crippen MR) is 172 cm³/mol. The quantitative estimate of drug-likeness (QED) is 0.213. The first kappa shape index (κ1) is 31.3. The van der Waals surface area contributed by atoms with Crippen LogP contribution >= 0.6 is 0 Å². The molecule has 11 heteroatoms. The van der Waals surface area contributed by atoms with E-state index >= 15 is 4.39 Å². The number of rotatable bonds is 5. The van der Waals surface area contributed by atoms with Crippen molar-refractivity contribution in [1.82, 2.24) is 24.8 Å². The number of ether oxygens (including phenoxy) is 1. The lowest BCUT2D eigenvalue weighted by Gasteiger charge is -2.27. The molecule has 2 aromatic heterocycles. The van der Waals surface area contributed by atoms with Gasteiger partial charge in [-0.15, -0.1) is 6.42 Å². The molecule has 2 aromatic carbocycles. The van der Waals surface area contributed by atoms with E-state index < -0.39 is 17.8 Å². The monoisotopic (exact) mass is 628 g/mol. The third kappa shape index (κ3) is 5.73. The lowest BCUT2D eigenvalue weighted by atomic mass is 9.96. The fraction of sp³-hybridized carbons (Fsp3) is 0.371. The van der Waals surface area contributed by atoms with Gasteiger partial charge in [0.1, 0.15) is 29.0 Å².